The monoisotopic (exact) mass is 253 g/mol. The van der Waals surface area contributed by atoms with Gasteiger partial charge in [0, 0.05) is 35.8 Å². The van der Waals surface area contributed by atoms with E-state index in [0.717, 1.165) is 17.9 Å². The Labute approximate surface area is 113 Å². The molecule has 98 valence electrons. The van der Waals surface area contributed by atoms with E-state index in [-0.39, 0.29) is 0 Å². The van der Waals surface area contributed by atoms with E-state index in [1.54, 1.807) is 0 Å². The van der Waals surface area contributed by atoms with Crippen molar-refractivity contribution in [3.63, 3.8) is 0 Å². The fourth-order valence-corrected chi connectivity index (χ4v) is 2.63. The largest absolute Gasteiger partial charge is 0.361 e. The molecule has 0 radical (unpaired) electrons. The molecule has 0 aliphatic carbocycles. The third-order valence-corrected chi connectivity index (χ3v) is 3.57. The molecule has 0 saturated heterocycles. The normalized spacial score (nSPS) is 11.6. The average molecular weight is 253 g/mol. The van der Waals surface area contributed by atoms with Crippen molar-refractivity contribution >= 4 is 10.9 Å². The van der Waals surface area contributed by atoms with Crippen LogP contribution in [0.25, 0.3) is 10.9 Å². The minimum Gasteiger partial charge on any atom is -0.361 e. The van der Waals surface area contributed by atoms with Gasteiger partial charge in [0.2, 0.25) is 0 Å². The zero-order valence-corrected chi connectivity index (χ0v) is 11.6. The van der Waals surface area contributed by atoms with Gasteiger partial charge in [-0.2, -0.15) is 0 Å². The number of H-pyrrole nitrogens is 1. The molecular weight excluding hydrogens is 234 g/mol. The number of para-hydroxylation sites is 1. The number of imidazole rings is 1. The molecule has 1 aromatic carbocycles. The van der Waals surface area contributed by atoms with Crippen LogP contribution in [0.1, 0.15) is 37.0 Å². The predicted octanol–water partition coefficient (Wildman–Crippen LogP) is 3.84. The summed E-state index contributed by atoms with van der Waals surface area (Å²) in [6, 6.07) is 8.87. The molecule has 0 saturated carbocycles. The minimum absolute atomic E-state index is 0.462. The van der Waals surface area contributed by atoms with E-state index < -0.39 is 0 Å². The summed E-state index contributed by atoms with van der Waals surface area (Å²) in [6.45, 7) is 6.44. The highest BCUT2D eigenvalue weighted by atomic mass is 15.1. The van der Waals surface area contributed by atoms with Crippen LogP contribution in [-0.2, 0) is 6.42 Å². The lowest BCUT2D eigenvalue weighted by molar-refractivity contribution is 0.582. The topological polar surface area (TPSA) is 33.6 Å². The summed E-state index contributed by atoms with van der Waals surface area (Å²) in [5.41, 5.74) is 3.64. The highest BCUT2D eigenvalue weighted by Gasteiger charge is 2.09. The Kier molecular flexibility index (Phi) is 2.90. The smallest absolute Gasteiger partial charge is 0.106 e. The molecule has 0 aliphatic heterocycles. The van der Waals surface area contributed by atoms with Crippen molar-refractivity contribution in [1.29, 1.82) is 0 Å². The van der Waals surface area contributed by atoms with Gasteiger partial charge in [0.25, 0.3) is 0 Å². The number of aromatic amines is 1. The van der Waals surface area contributed by atoms with Gasteiger partial charge in [-0.05, 0) is 32.4 Å². The number of aryl methyl sites for hydroxylation is 1. The van der Waals surface area contributed by atoms with Crippen molar-refractivity contribution in [2.75, 3.05) is 0 Å². The van der Waals surface area contributed by atoms with Crippen LogP contribution in [0, 0.1) is 6.92 Å². The van der Waals surface area contributed by atoms with Gasteiger partial charge in [-0.3, -0.25) is 0 Å². The average Bonchev–Trinajstić information content (AvgIpc) is 2.95. The predicted molar refractivity (Wildman–Crippen MR) is 78.5 cm³/mol. The summed E-state index contributed by atoms with van der Waals surface area (Å²) >= 11 is 0. The standard InChI is InChI=1S/C16H19N3/c1-11(2)19-10-14(18-12(19)3)8-13-9-17-16-7-5-4-6-15(13)16/h4-7,9-11,17H,8H2,1-3H3. The fraction of sp³-hybridized carbons (Fsp3) is 0.312. The van der Waals surface area contributed by atoms with E-state index in [4.69, 9.17) is 0 Å². The fourth-order valence-electron chi connectivity index (χ4n) is 2.63. The van der Waals surface area contributed by atoms with Crippen molar-refractivity contribution in [2.24, 2.45) is 0 Å². The molecule has 3 heteroatoms. The van der Waals surface area contributed by atoms with E-state index in [9.17, 15) is 0 Å². The Bertz CT molecular complexity index is 704. The zero-order chi connectivity index (χ0) is 13.4. The molecule has 3 nitrogen and oxygen atoms in total. The van der Waals surface area contributed by atoms with Crippen LogP contribution in [0.2, 0.25) is 0 Å². The number of benzene rings is 1. The molecule has 0 fully saturated rings. The second kappa shape index (κ2) is 4.57. The second-order valence-corrected chi connectivity index (χ2v) is 5.32. The van der Waals surface area contributed by atoms with Crippen molar-refractivity contribution < 1.29 is 0 Å². The first kappa shape index (κ1) is 12.0. The summed E-state index contributed by atoms with van der Waals surface area (Å²) < 4.78 is 2.23. The molecule has 0 bridgehead atoms. The lowest BCUT2D eigenvalue weighted by atomic mass is 10.1. The van der Waals surface area contributed by atoms with Crippen molar-refractivity contribution in [3.8, 4) is 0 Å². The van der Waals surface area contributed by atoms with Crippen LogP contribution in [0.4, 0.5) is 0 Å². The zero-order valence-electron chi connectivity index (χ0n) is 11.6. The molecule has 0 unspecified atom stereocenters. The quantitative estimate of drug-likeness (QED) is 0.756. The van der Waals surface area contributed by atoms with Gasteiger partial charge < -0.3 is 9.55 Å². The van der Waals surface area contributed by atoms with Crippen LogP contribution >= 0.6 is 0 Å². The lowest BCUT2D eigenvalue weighted by Gasteiger charge is -2.07. The van der Waals surface area contributed by atoms with E-state index in [2.05, 4.69) is 72.0 Å². The third kappa shape index (κ3) is 2.16. The molecule has 1 N–H and O–H groups in total. The van der Waals surface area contributed by atoms with Gasteiger partial charge in [-0.15, -0.1) is 0 Å². The lowest BCUT2D eigenvalue weighted by Crippen LogP contribution is -2.00. The molecule has 0 amide bonds. The minimum atomic E-state index is 0.462. The molecule has 0 spiro atoms. The first-order valence-corrected chi connectivity index (χ1v) is 6.74. The van der Waals surface area contributed by atoms with E-state index in [1.807, 2.05) is 0 Å². The number of nitrogens with one attached hydrogen (secondary N) is 1. The summed E-state index contributed by atoms with van der Waals surface area (Å²) in [5, 5.41) is 1.29. The Morgan fingerprint density at radius 3 is 2.79 bits per heavy atom. The molecule has 3 aromatic rings. The van der Waals surface area contributed by atoms with E-state index in [1.165, 1.54) is 16.5 Å². The number of fused-ring (bicyclic) bond motifs is 1. The number of hydrogen-bond acceptors (Lipinski definition) is 1. The van der Waals surface area contributed by atoms with Crippen LogP contribution in [0.5, 0.6) is 0 Å². The number of aromatic nitrogens is 3. The maximum absolute atomic E-state index is 4.66. The van der Waals surface area contributed by atoms with Gasteiger partial charge in [0.15, 0.2) is 0 Å². The summed E-state index contributed by atoms with van der Waals surface area (Å²) in [6.07, 6.45) is 5.14. The van der Waals surface area contributed by atoms with Gasteiger partial charge in [0.05, 0.1) is 5.69 Å². The first-order chi connectivity index (χ1) is 9.15. The van der Waals surface area contributed by atoms with Crippen molar-refractivity contribution in [3.05, 3.63) is 53.7 Å². The van der Waals surface area contributed by atoms with Crippen molar-refractivity contribution in [2.45, 2.75) is 33.2 Å². The van der Waals surface area contributed by atoms with Gasteiger partial charge in [0.1, 0.15) is 5.82 Å². The molecule has 19 heavy (non-hydrogen) atoms. The van der Waals surface area contributed by atoms with Crippen LogP contribution in [0.3, 0.4) is 0 Å². The van der Waals surface area contributed by atoms with E-state index in [0.29, 0.717) is 6.04 Å². The van der Waals surface area contributed by atoms with Crippen LogP contribution < -0.4 is 0 Å². The highest BCUT2D eigenvalue weighted by molar-refractivity contribution is 5.83. The molecule has 3 rings (SSSR count). The third-order valence-electron chi connectivity index (χ3n) is 3.57. The van der Waals surface area contributed by atoms with Gasteiger partial charge >= 0.3 is 0 Å². The van der Waals surface area contributed by atoms with Crippen LogP contribution in [-0.4, -0.2) is 14.5 Å². The first-order valence-electron chi connectivity index (χ1n) is 6.74. The van der Waals surface area contributed by atoms with Crippen molar-refractivity contribution in [1.82, 2.24) is 14.5 Å². The second-order valence-electron chi connectivity index (χ2n) is 5.32. The SMILES string of the molecule is Cc1nc(Cc2c[nH]c3ccccc23)cn1C(C)C. The van der Waals surface area contributed by atoms with Gasteiger partial charge in [-0.25, -0.2) is 4.98 Å². The summed E-state index contributed by atoms with van der Waals surface area (Å²) in [5.74, 6) is 1.09. The van der Waals surface area contributed by atoms with E-state index >= 15 is 0 Å². The number of rotatable bonds is 3. The number of nitrogens with zero attached hydrogens (tertiary/aromatic N) is 2. The molecular formula is C16H19N3. The maximum atomic E-state index is 4.66. The Balaban J connectivity index is 1.95. The Morgan fingerprint density at radius 1 is 1.26 bits per heavy atom. The summed E-state index contributed by atoms with van der Waals surface area (Å²) in [4.78, 5) is 7.98. The summed E-state index contributed by atoms with van der Waals surface area (Å²) in [7, 11) is 0. The molecule has 0 atom stereocenters. The highest BCUT2D eigenvalue weighted by Crippen LogP contribution is 2.21. The molecule has 2 heterocycles. The molecule has 0 aliphatic rings. The van der Waals surface area contributed by atoms with Crippen LogP contribution in [0.15, 0.2) is 36.7 Å². The number of hydrogen-bond donors (Lipinski definition) is 1. The Morgan fingerprint density at radius 2 is 2.05 bits per heavy atom. The molecule has 2 aromatic heterocycles. The van der Waals surface area contributed by atoms with Gasteiger partial charge in [-0.1, -0.05) is 18.2 Å². The Hall–Kier alpha value is -2.03. The maximum Gasteiger partial charge on any atom is 0.106 e.